The topological polar surface area (TPSA) is 141 Å². The van der Waals surface area contributed by atoms with Crippen molar-refractivity contribution < 1.29 is 39.7 Å². The summed E-state index contributed by atoms with van der Waals surface area (Å²) in [5, 5.41) is 50.8. The third-order valence-corrected chi connectivity index (χ3v) is 3.41. The Hall–Kier alpha value is -0.360. The fraction of sp³-hybridized carbons (Fsp3) is 1.00. The Morgan fingerprint density at radius 1 is 1.22 bits per heavy atom. The quantitative estimate of drug-likeness (QED) is 0.194. The van der Waals surface area contributed by atoms with Crippen LogP contribution in [0, 0.1) is 0 Å². The fourth-order valence-electron chi connectivity index (χ4n) is 2.12. The summed E-state index contributed by atoms with van der Waals surface area (Å²) in [6, 6.07) is 0. The van der Waals surface area contributed by atoms with Crippen LogP contribution in [0.25, 0.3) is 0 Å². The molecule has 1 aliphatic heterocycles. The van der Waals surface area contributed by atoms with Gasteiger partial charge < -0.3 is 39.7 Å². The molecule has 6 N–H and O–H groups in total. The van der Waals surface area contributed by atoms with Crippen LogP contribution in [0.15, 0.2) is 0 Å². The molecular weight excluding hydrogens is 310 g/mol. The Morgan fingerprint density at radius 3 is 2.48 bits per heavy atom. The summed E-state index contributed by atoms with van der Waals surface area (Å²) in [6.45, 7) is 3.92. The van der Waals surface area contributed by atoms with E-state index in [1.807, 2.05) is 6.92 Å². The zero-order chi connectivity index (χ0) is 17.4. The molecule has 0 radical (unpaired) electrons. The minimum absolute atomic E-state index is 0.0523. The molecule has 1 fully saturated rings. The number of aliphatic hydroxyl groups excluding tert-OH is 4. The van der Waals surface area contributed by atoms with E-state index in [0.29, 0.717) is 6.54 Å². The highest BCUT2D eigenvalue weighted by atomic mass is 16.7. The maximum atomic E-state index is 10.1. The number of hydrogen-bond donors (Lipinski definition) is 6. The molecule has 9 heteroatoms. The van der Waals surface area contributed by atoms with Gasteiger partial charge in [0.25, 0.3) is 0 Å². The normalized spacial score (nSPS) is 31.3. The predicted molar refractivity (Wildman–Crippen MR) is 79.2 cm³/mol. The van der Waals surface area contributed by atoms with Crippen molar-refractivity contribution in [3.63, 3.8) is 0 Å². The lowest BCUT2D eigenvalue weighted by Gasteiger charge is -2.39. The van der Waals surface area contributed by atoms with Crippen molar-refractivity contribution in [1.82, 2.24) is 5.32 Å². The van der Waals surface area contributed by atoms with E-state index in [9.17, 15) is 20.4 Å². The Labute approximate surface area is 135 Å². The van der Waals surface area contributed by atoms with Crippen molar-refractivity contribution in [1.29, 1.82) is 0 Å². The summed E-state index contributed by atoms with van der Waals surface area (Å²) >= 11 is 0. The van der Waals surface area contributed by atoms with E-state index in [1.165, 1.54) is 6.92 Å². The lowest BCUT2D eigenvalue weighted by molar-refractivity contribution is -0.307. The average Bonchev–Trinajstić information content (AvgIpc) is 2.49. The first-order valence-electron chi connectivity index (χ1n) is 7.89. The van der Waals surface area contributed by atoms with E-state index in [-0.39, 0.29) is 13.2 Å². The smallest absolute Gasteiger partial charge is 0.209 e. The number of hydrogen-bond acceptors (Lipinski definition) is 9. The summed E-state index contributed by atoms with van der Waals surface area (Å²) in [7, 11) is 0. The van der Waals surface area contributed by atoms with Crippen molar-refractivity contribution in [3.05, 3.63) is 0 Å². The van der Waals surface area contributed by atoms with Gasteiger partial charge in [-0.05, 0) is 19.9 Å². The number of unbranched alkanes of at least 4 members (excludes halogenated alkanes) is 1. The molecule has 0 spiro atoms. The average molecular weight is 339 g/mol. The van der Waals surface area contributed by atoms with E-state index in [0.717, 1.165) is 12.8 Å². The Balaban J connectivity index is 2.50. The molecular formula is C14H29NO8. The van der Waals surface area contributed by atoms with Gasteiger partial charge in [-0.25, -0.2) is 0 Å². The summed E-state index contributed by atoms with van der Waals surface area (Å²) in [5.41, 5.74) is 0. The van der Waals surface area contributed by atoms with Gasteiger partial charge in [0.1, 0.15) is 24.5 Å². The monoisotopic (exact) mass is 339 g/mol. The third kappa shape index (κ3) is 6.96. The van der Waals surface area contributed by atoms with Crippen LogP contribution < -0.4 is 5.32 Å². The van der Waals surface area contributed by atoms with Crippen molar-refractivity contribution in [2.45, 2.75) is 69.9 Å². The van der Waals surface area contributed by atoms with Crippen LogP contribution in [-0.2, 0) is 14.2 Å². The number of rotatable bonds is 10. The summed E-state index contributed by atoms with van der Waals surface area (Å²) < 4.78 is 15.7. The summed E-state index contributed by atoms with van der Waals surface area (Å²) in [5.74, 6) is 0. The lowest BCUT2D eigenvalue weighted by Crippen LogP contribution is -2.59. The molecule has 1 heterocycles. The molecule has 0 aromatic heterocycles. The molecule has 9 nitrogen and oxygen atoms in total. The molecule has 0 bridgehead atoms. The molecule has 138 valence electrons. The van der Waals surface area contributed by atoms with Gasteiger partial charge in [0, 0.05) is 0 Å². The zero-order valence-electron chi connectivity index (χ0n) is 13.5. The van der Waals surface area contributed by atoms with Crippen LogP contribution in [0.2, 0.25) is 0 Å². The molecule has 1 aliphatic rings. The van der Waals surface area contributed by atoms with E-state index in [4.69, 9.17) is 19.3 Å². The van der Waals surface area contributed by atoms with Crippen LogP contribution in [0.3, 0.4) is 0 Å². The highest BCUT2D eigenvalue weighted by molar-refractivity contribution is 4.86. The molecule has 0 amide bonds. The van der Waals surface area contributed by atoms with Gasteiger partial charge in [-0.15, -0.1) is 0 Å². The first-order chi connectivity index (χ1) is 10.9. The van der Waals surface area contributed by atoms with E-state index in [1.54, 1.807) is 0 Å². The standard InChI is InChI=1S/C14H29NO8/c1-3-4-5-15-12-11(18)10(17)9(7-21-12)23-14(13(19)20)22-6-8(2)16/h8-20H,3-7H2,1-2H3. The molecule has 6 atom stereocenters. The summed E-state index contributed by atoms with van der Waals surface area (Å²) in [4.78, 5) is 0. The van der Waals surface area contributed by atoms with Gasteiger partial charge in [-0.3, -0.25) is 5.32 Å². The van der Waals surface area contributed by atoms with E-state index < -0.39 is 43.2 Å². The number of nitrogens with one attached hydrogen (secondary N) is 1. The molecule has 0 aromatic rings. The van der Waals surface area contributed by atoms with Crippen molar-refractivity contribution in [2.24, 2.45) is 0 Å². The van der Waals surface area contributed by atoms with Crippen LogP contribution in [0.5, 0.6) is 0 Å². The van der Waals surface area contributed by atoms with Gasteiger partial charge in [-0.1, -0.05) is 13.3 Å². The largest absolute Gasteiger partial charge is 0.391 e. The Morgan fingerprint density at radius 2 is 1.91 bits per heavy atom. The van der Waals surface area contributed by atoms with Crippen molar-refractivity contribution in [2.75, 3.05) is 19.8 Å². The maximum absolute atomic E-state index is 10.1. The van der Waals surface area contributed by atoms with E-state index >= 15 is 0 Å². The summed E-state index contributed by atoms with van der Waals surface area (Å²) in [6.07, 6.45) is -6.55. The van der Waals surface area contributed by atoms with Gasteiger partial charge in [-0.2, -0.15) is 0 Å². The van der Waals surface area contributed by atoms with Gasteiger partial charge in [0.2, 0.25) is 12.6 Å². The minimum Gasteiger partial charge on any atom is -0.391 e. The van der Waals surface area contributed by atoms with Crippen LogP contribution >= 0.6 is 0 Å². The zero-order valence-corrected chi connectivity index (χ0v) is 13.5. The van der Waals surface area contributed by atoms with Crippen LogP contribution in [0.4, 0.5) is 0 Å². The highest BCUT2D eigenvalue weighted by Crippen LogP contribution is 2.19. The fourth-order valence-corrected chi connectivity index (χ4v) is 2.12. The van der Waals surface area contributed by atoms with Gasteiger partial charge >= 0.3 is 0 Å². The molecule has 0 aromatic carbocycles. The second-order valence-corrected chi connectivity index (χ2v) is 5.68. The van der Waals surface area contributed by atoms with E-state index in [2.05, 4.69) is 5.32 Å². The number of ether oxygens (including phenoxy) is 3. The van der Waals surface area contributed by atoms with Crippen molar-refractivity contribution in [3.8, 4) is 0 Å². The molecule has 1 rings (SSSR count). The predicted octanol–water partition coefficient (Wildman–Crippen LogP) is -2.13. The lowest BCUT2D eigenvalue weighted by atomic mass is 10.0. The first kappa shape index (κ1) is 20.7. The Kier molecular flexibility index (Phi) is 9.44. The molecule has 0 saturated carbocycles. The van der Waals surface area contributed by atoms with Gasteiger partial charge in [0.05, 0.1) is 19.3 Å². The SMILES string of the molecule is CCCCNC1OCC(OC(OCC(C)O)C(O)O)C(O)C1O. The van der Waals surface area contributed by atoms with Crippen LogP contribution in [0.1, 0.15) is 26.7 Å². The van der Waals surface area contributed by atoms with Crippen molar-refractivity contribution >= 4 is 0 Å². The number of aliphatic hydroxyl groups is 5. The van der Waals surface area contributed by atoms with Crippen LogP contribution in [-0.4, -0.2) is 88.5 Å². The molecule has 23 heavy (non-hydrogen) atoms. The molecule has 0 aliphatic carbocycles. The molecule has 1 saturated heterocycles. The Bertz CT molecular complexity index is 317. The molecule has 6 unspecified atom stereocenters. The maximum Gasteiger partial charge on any atom is 0.209 e. The second kappa shape index (κ2) is 10.5. The third-order valence-electron chi connectivity index (χ3n) is 3.41. The highest BCUT2D eigenvalue weighted by Gasteiger charge is 2.40. The minimum atomic E-state index is -1.96. The first-order valence-corrected chi connectivity index (χ1v) is 7.89. The van der Waals surface area contributed by atoms with Gasteiger partial charge in [0.15, 0.2) is 0 Å². The second-order valence-electron chi connectivity index (χ2n) is 5.68.